The van der Waals surface area contributed by atoms with Crippen molar-refractivity contribution in [3.63, 3.8) is 0 Å². The molecule has 0 rings (SSSR count). The molecule has 0 radical (unpaired) electrons. The van der Waals surface area contributed by atoms with E-state index < -0.39 is 0 Å². The van der Waals surface area contributed by atoms with Crippen molar-refractivity contribution in [2.75, 3.05) is 39.5 Å². The maximum Gasteiger partial charge on any atom is 0.0558 e. The van der Waals surface area contributed by atoms with E-state index in [1.807, 2.05) is 0 Å². The van der Waals surface area contributed by atoms with Crippen molar-refractivity contribution >= 4 is 24.0 Å². The molecule has 0 aromatic heterocycles. The van der Waals surface area contributed by atoms with E-state index in [0.717, 1.165) is 0 Å². The lowest BCUT2D eigenvalue weighted by Gasteiger charge is -2.17. The molecule has 0 unspecified atom stereocenters. The number of nitrogens with zero attached hydrogens (tertiary/aromatic N) is 1. The van der Waals surface area contributed by atoms with Gasteiger partial charge in [-0.2, -0.15) is 0 Å². The lowest BCUT2D eigenvalue weighted by Crippen LogP contribution is -2.32. The Balaban J connectivity index is 0. The first-order valence-corrected chi connectivity index (χ1v) is 3.40. The van der Waals surface area contributed by atoms with Crippen LogP contribution in [0.2, 0.25) is 0 Å². The van der Waals surface area contributed by atoms with Crippen molar-refractivity contribution in [2.24, 2.45) is 0 Å². The predicted molar refractivity (Wildman–Crippen MR) is 53.1 cm³/mol. The van der Waals surface area contributed by atoms with Gasteiger partial charge in [-0.15, -0.1) is 24.0 Å². The third-order valence-corrected chi connectivity index (χ3v) is 1.25. The van der Waals surface area contributed by atoms with Crippen molar-refractivity contribution in [2.45, 2.75) is 0 Å². The fourth-order valence-corrected chi connectivity index (χ4v) is 0.760. The third-order valence-electron chi connectivity index (χ3n) is 1.25. The first kappa shape index (κ1) is 14.1. The van der Waals surface area contributed by atoms with Gasteiger partial charge in [0.25, 0.3) is 0 Å². The van der Waals surface area contributed by atoms with E-state index in [-0.39, 0.29) is 43.8 Å². The van der Waals surface area contributed by atoms with Crippen LogP contribution >= 0.6 is 24.0 Å². The first-order valence-electron chi connectivity index (χ1n) is 3.40. The Hall–Kier alpha value is 0.570. The zero-order valence-corrected chi connectivity index (χ0v) is 8.77. The van der Waals surface area contributed by atoms with Gasteiger partial charge in [-0.3, -0.25) is 4.90 Å². The van der Waals surface area contributed by atoms with Gasteiger partial charge in [-0.1, -0.05) is 0 Å². The zero-order chi connectivity index (χ0) is 7.82. The number of rotatable bonds is 6. The van der Waals surface area contributed by atoms with Crippen LogP contribution in [0.1, 0.15) is 0 Å². The molecule has 0 bridgehead atoms. The quantitative estimate of drug-likeness (QED) is 0.538. The normalized spacial score (nSPS) is 9.82. The highest BCUT2D eigenvalue weighted by Crippen LogP contribution is 1.84. The number of aliphatic hydroxyl groups is 3. The molecule has 5 heteroatoms. The van der Waals surface area contributed by atoms with Gasteiger partial charge < -0.3 is 15.3 Å². The Bertz CT molecular complexity index is 60.6. The molecular formula is C6H16INO3. The smallest absolute Gasteiger partial charge is 0.0558 e. The summed E-state index contributed by atoms with van der Waals surface area (Å²) in [5.41, 5.74) is 0. The molecule has 11 heavy (non-hydrogen) atoms. The molecule has 0 spiro atoms. The summed E-state index contributed by atoms with van der Waals surface area (Å²) in [5, 5.41) is 25.5. The molecule has 3 N–H and O–H groups in total. The minimum absolute atomic E-state index is 0. The molecule has 70 valence electrons. The summed E-state index contributed by atoms with van der Waals surface area (Å²) in [4.78, 5) is 1.79. The van der Waals surface area contributed by atoms with Crippen LogP contribution in [-0.4, -0.2) is 59.7 Å². The summed E-state index contributed by atoms with van der Waals surface area (Å²) in [7, 11) is 0. The van der Waals surface area contributed by atoms with Crippen LogP contribution in [0.15, 0.2) is 0 Å². The highest BCUT2D eigenvalue weighted by molar-refractivity contribution is 14.0. The van der Waals surface area contributed by atoms with Gasteiger partial charge >= 0.3 is 0 Å². The average molecular weight is 277 g/mol. The number of hydrogen-bond donors (Lipinski definition) is 3. The number of aliphatic hydroxyl groups excluding tert-OH is 3. The fraction of sp³-hybridized carbons (Fsp3) is 1.00. The van der Waals surface area contributed by atoms with Crippen molar-refractivity contribution in [1.82, 2.24) is 4.90 Å². The Morgan fingerprint density at radius 1 is 0.727 bits per heavy atom. The first-order chi connectivity index (χ1) is 4.85. The second kappa shape index (κ2) is 10.6. The molecule has 0 amide bonds. The minimum Gasteiger partial charge on any atom is -0.395 e. The third kappa shape index (κ3) is 8.48. The van der Waals surface area contributed by atoms with Gasteiger partial charge in [0.1, 0.15) is 0 Å². The molecule has 0 aliphatic heterocycles. The minimum atomic E-state index is 0. The largest absolute Gasteiger partial charge is 0.395 e. The maximum atomic E-state index is 8.48. The number of halogens is 1. The summed E-state index contributed by atoms with van der Waals surface area (Å²) in [5.74, 6) is 0. The van der Waals surface area contributed by atoms with Crippen LogP contribution in [0.5, 0.6) is 0 Å². The molecular weight excluding hydrogens is 261 g/mol. The molecule has 0 aliphatic rings. The van der Waals surface area contributed by atoms with Crippen molar-refractivity contribution in [3.8, 4) is 0 Å². The van der Waals surface area contributed by atoms with Crippen LogP contribution in [-0.2, 0) is 0 Å². The Kier molecular flexibility index (Phi) is 13.6. The second-order valence-corrected chi connectivity index (χ2v) is 2.01. The van der Waals surface area contributed by atoms with Gasteiger partial charge in [0, 0.05) is 19.6 Å². The van der Waals surface area contributed by atoms with E-state index in [2.05, 4.69) is 0 Å². The van der Waals surface area contributed by atoms with Crippen LogP contribution in [0.4, 0.5) is 0 Å². The molecule has 0 aromatic carbocycles. The molecule has 0 saturated heterocycles. The molecule has 4 nitrogen and oxygen atoms in total. The Labute approximate surface area is 83.9 Å². The highest BCUT2D eigenvalue weighted by atomic mass is 127. The summed E-state index contributed by atoms with van der Waals surface area (Å²) < 4.78 is 0. The van der Waals surface area contributed by atoms with Crippen LogP contribution < -0.4 is 0 Å². The van der Waals surface area contributed by atoms with Gasteiger partial charge in [-0.25, -0.2) is 0 Å². The van der Waals surface area contributed by atoms with E-state index in [0.29, 0.717) is 19.6 Å². The van der Waals surface area contributed by atoms with Crippen LogP contribution in [0.3, 0.4) is 0 Å². The molecule has 0 fully saturated rings. The van der Waals surface area contributed by atoms with Gasteiger partial charge in [0.05, 0.1) is 19.8 Å². The summed E-state index contributed by atoms with van der Waals surface area (Å²) in [6.07, 6.45) is 0. The lowest BCUT2D eigenvalue weighted by atomic mass is 10.4. The SMILES string of the molecule is I.OCCN(CCO)CCO. The van der Waals surface area contributed by atoms with Crippen molar-refractivity contribution in [1.29, 1.82) is 0 Å². The highest BCUT2D eigenvalue weighted by Gasteiger charge is 2.00. The van der Waals surface area contributed by atoms with E-state index in [1.54, 1.807) is 4.90 Å². The molecule has 0 atom stereocenters. The molecule has 0 aliphatic carbocycles. The molecule has 0 aromatic rings. The van der Waals surface area contributed by atoms with E-state index in [4.69, 9.17) is 15.3 Å². The van der Waals surface area contributed by atoms with E-state index >= 15 is 0 Å². The second-order valence-electron chi connectivity index (χ2n) is 2.01. The topological polar surface area (TPSA) is 63.9 Å². The monoisotopic (exact) mass is 277 g/mol. The summed E-state index contributed by atoms with van der Waals surface area (Å²) in [6.45, 7) is 1.75. The van der Waals surface area contributed by atoms with Gasteiger partial charge in [-0.05, 0) is 0 Å². The predicted octanol–water partition coefficient (Wildman–Crippen LogP) is -1.12. The van der Waals surface area contributed by atoms with E-state index in [9.17, 15) is 0 Å². The maximum absolute atomic E-state index is 8.48. The molecule has 0 saturated carbocycles. The fourth-order valence-electron chi connectivity index (χ4n) is 0.760. The van der Waals surface area contributed by atoms with Crippen LogP contribution in [0, 0.1) is 0 Å². The van der Waals surface area contributed by atoms with Crippen LogP contribution in [0.25, 0.3) is 0 Å². The molecule has 0 heterocycles. The van der Waals surface area contributed by atoms with E-state index in [1.165, 1.54) is 0 Å². The summed E-state index contributed by atoms with van der Waals surface area (Å²) >= 11 is 0. The van der Waals surface area contributed by atoms with Crippen molar-refractivity contribution in [3.05, 3.63) is 0 Å². The summed E-state index contributed by atoms with van der Waals surface area (Å²) in [6, 6.07) is 0. The van der Waals surface area contributed by atoms with Gasteiger partial charge in [0.15, 0.2) is 0 Å². The Morgan fingerprint density at radius 3 is 1.18 bits per heavy atom. The number of hydrogen-bond acceptors (Lipinski definition) is 4. The van der Waals surface area contributed by atoms with Crippen molar-refractivity contribution < 1.29 is 15.3 Å². The van der Waals surface area contributed by atoms with Gasteiger partial charge in [0.2, 0.25) is 0 Å². The average Bonchev–Trinajstić information content (AvgIpc) is 1.90. The lowest BCUT2D eigenvalue weighted by molar-refractivity contribution is 0.136. The standard InChI is InChI=1S/C6H15NO3.HI/c8-4-1-7(2-5-9)3-6-10;/h8-10H,1-6H2;1H. The Morgan fingerprint density at radius 2 is 1.00 bits per heavy atom. The zero-order valence-electron chi connectivity index (χ0n) is 6.44.